The molecule has 0 unspecified atom stereocenters. The lowest BCUT2D eigenvalue weighted by Gasteiger charge is -2.04. The first-order valence-electron chi connectivity index (χ1n) is 5.34. The largest absolute Gasteiger partial charge is 0.396 e. The van der Waals surface area contributed by atoms with Crippen LogP contribution < -0.4 is 5.32 Å². The van der Waals surface area contributed by atoms with Crippen molar-refractivity contribution in [3.63, 3.8) is 0 Å². The summed E-state index contributed by atoms with van der Waals surface area (Å²) in [6.07, 6.45) is 1.63. The SMILES string of the molecule is O=C(Cc1cccc(F)c1)NCCCCO. The quantitative estimate of drug-likeness (QED) is 0.716. The Hall–Kier alpha value is -1.42. The molecule has 88 valence electrons. The summed E-state index contributed by atoms with van der Waals surface area (Å²) in [6.45, 7) is 0.689. The third kappa shape index (κ3) is 4.89. The van der Waals surface area contributed by atoms with E-state index < -0.39 is 0 Å². The highest BCUT2D eigenvalue weighted by atomic mass is 19.1. The minimum absolute atomic E-state index is 0.122. The van der Waals surface area contributed by atoms with Gasteiger partial charge in [-0.05, 0) is 30.5 Å². The van der Waals surface area contributed by atoms with Crippen LogP contribution in [0.15, 0.2) is 24.3 Å². The predicted molar refractivity (Wildman–Crippen MR) is 59.4 cm³/mol. The van der Waals surface area contributed by atoms with Gasteiger partial charge in [-0.25, -0.2) is 4.39 Å². The van der Waals surface area contributed by atoms with E-state index in [0.29, 0.717) is 18.5 Å². The molecule has 0 fully saturated rings. The lowest BCUT2D eigenvalue weighted by molar-refractivity contribution is -0.120. The highest BCUT2D eigenvalue weighted by molar-refractivity contribution is 5.78. The van der Waals surface area contributed by atoms with Crippen LogP contribution in [-0.4, -0.2) is 24.2 Å². The zero-order chi connectivity index (χ0) is 11.8. The number of halogens is 1. The Morgan fingerprint density at radius 3 is 2.88 bits per heavy atom. The summed E-state index contributed by atoms with van der Waals surface area (Å²) < 4.78 is 12.8. The van der Waals surface area contributed by atoms with Crippen LogP contribution in [-0.2, 0) is 11.2 Å². The average molecular weight is 225 g/mol. The normalized spacial score (nSPS) is 10.1. The van der Waals surface area contributed by atoms with Gasteiger partial charge in [-0.1, -0.05) is 12.1 Å². The molecule has 1 amide bonds. The average Bonchev–Trinajstić information content (AvgIpc) is 2.24. The highest BCUT2D eigenvalue weighted by Crippen LogP contribution is 2.03. The van der Waals surface area contributed by atoms with Crippen molar-refractivity contribution in [3.05, 3.63) is 35.6 Å². The van der Waals surface area contributed by atoms with E-state index >= 15 is 0 Å². The number of carbonyl (C=O) groups excluding carboxylic acids is 1. The van der Waals surface area contributed by atoms with Crippen molar-refractivity contribution in [1.29, 1.82) is 0 Å². The van der Waals surface area contributed by atoms with Crippen molar-refractivity contribution >= 4 is 5.91 Å². The molecule has 1 aromatic carbocycles. The van der Waals surface area contributed by atoms with Crippen molar-refractivity contribution < 1.29 is 14.3 Å². The van der Waals surface area contributed by atoms with E-state index in [2.05, 4.69) is 5.32 Å². The van der Waals surface area contributed by atoms with Gasteiger partial charge >= 0.3 is 0 Å². The highest BCUT2D eigenvalue weighted by Gasteiger charge is 2.03. The van der Waals surface area contributed by atoms with Gasteiger partial charge in [-0.3, -0.25) is 4.79 Å². The Balaban J connectivity index is 2.29. The summed E-state index contributed by atoms with van der Waals surface area (Å²) >= 11 is 0. The van der Waals surface area contributed by atoms with Crippen molar-refractivity contribution in [2.24, 2.45) is 0 Å². The molecular formula is C12H16FNO2. The van der Waals surface area contributed by atoms with Crippen LogP contribution in [0.2, 0.25) is 0 Å². The molecule has 1 aromatic rings. The number of benzene rings is 1. The van der Waals surface area contributed by atoms with Crippen LogP contribution in [0.4, 0.5) is 4.39 Å². The van der Waals surface area contributed by atoms with Gasteiger partial charge in [0.25, 0.3) is 0 Å². The molecule has 4 heteroatoms. The molecule has 0 aliphatic carbocycles. The number of unbranched alkanes of at least 4 members (excludes halogenated alkanes) is 1. The molecule has 0 radical (unpaired) electrons. The van der Waals surface area contributed by atoms with Gasteiger partial charge in [0.1, 0.15) is 5.82 Å². The first kappa shape index (κ1) is 12.6. The van der Waals surface area contributed by atoms with Gasteiger partial charge in [0, 0.05) is 13.2 Å². The van der Waals surface area contributed by atoms with E-state index in [-0.39, 0.29) is 24.8 Å². The van der Waals surface area contributed by atoms with Gasteiger partial charge in [0.2, 0.25) is 5.91 Å². The smallest absolute Gasteiger partial charge is 0.224 e. The fourth-order valence-electron chi connectivity index (χ4n) is 1.36. The number of rotatable bonds is 6. The standard InChI is InChI=1S/C12H16FNO2/c13-11-5-3-4-10(8-11)9-12(16)14-6-1-2-7-15/h3-5,8,15H,1-2,6-7,9H2,(H,14,16). The molecule has 0 aromatic heterocycles. The maximum atomic E-state index is 12.8. The Bertz CT molecular complexity index is 342. The van der Waals surface area contributed by atoms with Crippen molar-refractivity contribution in [1.82, 2.24) is 5.32 Å². The maximum Gasteiger partial charge on any atom is 0.224 e. The number of aliphatic hydroxyl groups is 1. The Morgan fingerprint density at radius 2 is 2.19 bits per heavy atom. The van der Waals surface area contributed by atoms with Gasteiger partial charge in [-0.2, -0.15) is 0 Å². The fourth-order valence-corrected chi connectivity index (χ4v) is 1.36. The molecule has 1 rings (SSSR count). The van der Waals surface area contributed by atoms with Gasteiger partial charge in [0.05, 0.1) is 6.42 Å². The zero-order valence-electron chi connectivity index (χ0n) is 9.08. The number of nitrogens with one attached hydrogen (secondary N) is 1. The van der Waals surface area contributed by atoms with E-state index in [9.17, 15) is 9.18 Å². The van der Waals surface area contributed by atoms with Crippen LogP contribution in [0, 0.1) is 5.82 Å². The minimum atomic E-state index is -0.328. The van der Waals surface area contributed by atoms with Crippen molar-refractivity contribution in [2.45, 2.75) is 19.3 Å². The number of carbonyl (C=O) groups is 1. The van der Waals surface area contributed by atoms with Crippen LogP contribution in [0.5, 0.6) is 0 Å². The van der Waals surface area contributed by atoms with Crippen molar-refractivity contribution in [2.75, 3.05) is 13.2 Å². The Labute approximate surface area is 94.3 Å². The number of amides is 1. The molecule has 0 aliphatic heterocycles. The molecule has 16 heavy (non-hydrogen) atoms. The molecule has 0 saturated carbocycles. The molecule has 0 spiro atoms. The lowest BCUT2D eigenvalue weighted by atomic mass is 10.1. The summed E-state index contributed by atoms with van der Waals surface area (Å²) in [5.74, 6) is -0.450. The van der Waals surface area contributed by atoms with Gasteiger partial charge in [-0.15, -0.1) is 0 Å². The first-order valence-corrected chi connectivity index (χ1v) is 5.34. The number of hydrogen-bond acceptors (Lipinski definition) is 2. The van der Waals surface area contributed by atoms with E-state index in [1.807, 2.05) is 0 Å². The molecule has 0 heterocycles. The van der Waals surface area contributed by atoms with E-state index in [0.717, 1.165) is 6.42 Å². The third-order valence-corrected chi connectivity index (χ3v) is 2.16. The summed E-state index contributed by atoms with van der Waals surface area (Å²) in [5, 5.41) is 11.3. The molecule has 0 saturated heterocycles. The van der Waals surface area contributed by atoms with E-state index in [1.54, 1.807) is 12.1 Å². The topological polar surface area (TPSA) is 49.3 Å². The summed E-state index contributed by atoms with van der Waals surface area (Å²) in [6, 6.07) is 6.01. The maximum absolute atomic E-state index is 12.8. The Kier molecular flexibility index (Phi) is 5.50. The molecular weight excluding hydrogens is 209 g/mol. The lowest BCUT2D eigenvalue weighted by Crippen LogP contribution is -2.26. The van der Waals surface area contributed by atoms with Crippen LogP contribution in [0.1, 0.15) is 18.4 Å². The third-order valence-electron chi connectivity index (χ3n) is 2.16. The molecule has 3 nitrogen and oxygen atoms in total. The summed E-state index contributed by atoms with van der Waals surface area (Å²) in [7, 11) is 0. The number of aliphatic hydroxyl groups excluding tert-OH is 1. The van der Waals surface area contributed by atoms with Gasteiger partial charge < -0.3 is 10.4 Å². The van der Waals surface area contributed by atoms with Crippen LogP contribution in [0.25, 0.3) is 0 Å². The minimum Gasteiger partial charge on any atom is -0.396 e. The number of hydrogen-bond donors (Lipinski definition) is 2. The predicted octanol–water partition coefficient (Wildman–Crippen LogP) is 1.26. The molecule has 0 bridgehead atoms. The second kappa shape index (κ2) is 6.95. The zero-order valence-corrected chi connectivity index (χ0v) is 9.08. The Morgan fingerprint density at radius 1 is 1.38 bits per heavy atom. The molecule has 0 atom stereocenters. The van der Waals surface area contributed by atoms with E-state index in [4.69, 9.17) is 5.11 Å². The molecule has 2 N–H and O–H groups in total. The molecule has 0 aliphatic rings. The summed E-state index contributed by atoms with van der Waals surface area (Å²) in [4.78, 5) is 11.4. The first-order chi connectivity index (χ1) is 7.72. The van der Waals surface area contributed by atoms with Crippen molar-refractivity contribution in [3.8, 4) is 0 Å². The van der Waals surface area contributed by atoms with Crippen LogP contribution in [0.3, 0.4) is 0 Å². The van der Waals surface area contributed by atoms with E-state index in [1.165, 1.54) is 12.1 Å². The fraction of sp³-hybridized carbons (Fsp3) is 0.417. The second-order valence-corrected chi connectivity index (χ2v) is 3.59. The van der Waals surface area contributed by atoms with Gasteiger partial charge in [0.15, 0.2) is 0 Å². The van der Waals surface area contributed by atoms with Crippen LogP contribution >= 0.6 is 0 Å². The summed E-state index contributed by atoms with van der Waals surface area (Å²) in [5.41, 5.74) is 0.666. The monoisotopic (exact) mass is 225 g/mol. The second-order valence-electron chi connectivity index (χ2n) is 3.59.